The molecule has 1 heterocycles. The third-order valence-electron chi connectivity index (χ3n) is 4.54. The van der Waals surface area contributed by atoms with Crippen LogP contribution in [-0.2, 0) is 14.3 Å². The van der Waals surface area contributed by atoms with Crippen molar-refractivity contribution >= 4 is 33.5 Å². The van der Waals surface area contributed by atoms with E-state index in [2.05, 4.69) is 33.0 Å². The number of halogens is 1. The van der Waals surface area contributed by atoms with Crippen molar-refractivity contribution in [3.63, 3.8) is 0 Å². The van der Waals surface area contributed by atoms with E-state index in [0.29, 0.717) is 18.8 Å². The highest BCUT2D eigenvalue weighted by molar-refractivity contribution is 9.10. The van der Waals surface area contributed by atoms with Gasteiger partial charge in [-0.15, -0.1) is 0 Å². The number of rotatable bonds is 6. The number of para-hydroxylation sites is 1. The van der Waals surface area contributed by atoms with Crippen LogP contribution in [0.15, 0.2) is 59.1 Å². The normalized spacial score (nSPS) is 15.1. The van der Waals surface area contributed by atoms with Crippen LogP contribution >= 0.6 is 15.9 Å². The molecule has 148 valence electrons. The summed E-state index contributed by atoms with van der Waals surface area (Å²) < 4.78 is 11.6. The lowest BCUT2D eigenvalue weighted by Crippen LogP contribution is -2.51. The quantitative estimate of drug-likeness (QED) is 0.638. The van der Waals surface area contributed by atoms with Crippen molar-refractivity contribution < 1.29 is 19.1 Å². The van der Waals surface area contributed by atoms with Crippen molar-refractivity contribution in [1.82, 2.24) is 4.90 Å². The van der Waals surface area contributed by atoms with Crippen LogP contribution in [0.1, 0.15) is 6.92 Å². The summed E-state index contributed by atoms with van der Waals surface area (Å²) >= 11 is 3.34. The Balaban J connectivity index is 1.43. The van der Waals surface area contributed by atoms with Gasteiger partial charge in [0.2, 0.25) is 0 Å². The van der Waals surface area contributed by atoms with E-state index in [1.165, 1.54) is 0 Å². The van der Waals surface area contributed by atoms with Crippen molar-refractivity contribution in [3.8, 4) is 5.75 Å². The van der Waals surface area contributed by atoms with E-state index in [0.717, 1.165) is 23.2 Å². The topological polar surface area (TPSA) is 59.1 Å². The van der Waals surface area contributed by atoms with E-state index in [9.17, 15) is 9.59 Å². The minimum atomic E-state index is -0.829. The van der Waals surface area contributed by atoms with Crippen molar-refractivity contribution in [2.24, 2.45) is 0 Å². The Kier molecular flexibility index (Phi) is 6.92. The van der Waals surface area contributed by atoms with Crippen LogP contribution < -0.4 is 9.64 Å². The molecule has 1 fully saturated rings. The Hall–Kier alpha value is -2.54. The number of anilines is 1. The maximum atomic E-state index is 12.6. The molecule has 1 saturated heterocycles. The fourth-order valence-corrected chi connectivity index (χ4v) is 3.30. The summed E-state index contributed by atoms with van der Waals surface area (Å²) in [4.78, 5) is 28.5. The predicted molar refractivity (Wildman–Crippen MR) is 110 cm³/mol. The van der Waals surface area contributed by atoms with Crippen LogP contribution in [-0.4, -0.2) is 55.7 Å². The number of hydrogen-bond acceptors (Lipinski definition) is 5. The lowest BCUT2D eigenvalue weighted by molar-refractivity contribution is -0.160. The minimum absolute atomic E-state index is 0.176. The molecule has 1 atom stereocenters. The molecule has 1 aliphatic rings. The maximum absolute atomic E-state index is 12.6. The van der Waals surface area contributed by atoms with Crippen LogP contribution in [0.25, 0.3) is 0 Å². The maximum Gasteiger partial charge on any atom is 0.344 e. The van der Waals surface area contributed by atoms with Crippen LogP contribution in [0.2, 0.25) is 0 Å². The highest BCUT2D eigenvalue weighted by Gasteiger charge is 2.27. The van der Waals surface area contributed by atoms with Gasteiger partial charge in [-0.3, -0.25) is 4.79 Å². The number of nitrogens with zero attached hydrogens (tertiary/aromatic N) is 2. The van der Waals surface area contributed by atoms with Crippen molar-refractivity contribution in [2.45, 2.75) is 13.0 Å². The highest BCUT2D eigenvalue weighted by atomic mass is 79.9. The fraction of sp³-hybridized carbons (Fsp3) is 0.333. The lowest BCUT2D eigenvalue weighted by Gasteiger charge is -2.37. The van der Waals surface area contributed by atoms with E-state index in [-0.39, 0.29) is 12.5 Å². The van der Waals surface area contributed by atoms with Gasteiger partial charge < -0.3 is 19.3 Å². The summed E-state index contributed by atoms with van der Waals surface area (Å²) in [6, 6.07) is 17.3. The molecule has 6 nitrogen and oxygen atoms in total. The zero-order valence-electron chi connectivity index (χ0n) is 15.7. The predicted octanol–water partition coefficient (Wildman–Crippen LogP) is 3.11. The van der Waals surface area contributed by atoms with Gasteiger partial charge >= 0.3 is 5.97 Å². The number of piperazine rings is 1. The van der Waals surface area contributed by atoms with Gasteiger partial charge in [-0.25, -0.2) is 4.79 Å². The largest absolute Gasteiger partial charge is 0.482 e. The molecule has 0 aromatic heterocycles. The van der Waals surface area contributed by atoms with Crippen molar-refractivity contribution in [1.29, 1.82) is 0 Å². The smallest absolute Gasteiger partial charge is 0.344 e. The number of carbonyl (C=O) groups is 2. The van der Waals surface area contributed by atoms with Gasteiger partial charge in [-0.2, -0.15) is 0 Å². The van der Waals surface area contributed by atoms with Crippen LogP contribution in [0.3, 0.4) is 0 Å². The van der Waals surface area contributed by atoms with E-state index in [1.807, 2.05) is 30.3 Å². The van der Waals surface area contributed by atoms with Gasteiger partial charge in [-0.05, 0) is 43.3 Å². The van der Waals surface area contributed by atoms with Gasteiger partial charge in [0.05, 0.1) is 0 Å². The number of ether oxygens (including phenoxy) is 2. The second-order valence-corrected chi connectivity index (χ2v) is 7.44. The number of hydrogen-bond donors (Lipinski definition) is 0. The average Bonchev–Trinajstić information content (AvgIpc) is 2.73. The Labute approximate surface area is 173 Å². The molecule has 3 rings (SSSR count). The molecule has 1 amide bonds. The van der Waals surface area contributed by atoms with Gasteiger partial charge in [0.1, 0.15) is 5.75 Å². The van der Waals surface area contributed by atoms with Gasteiger partial charge in [0.15, 0.2) is 12.7 Å². The Morgan fingerprint density at radius 2 is 1.64 bits per heavy atom. The van der Waals surface area contributed by atoms with Gasteiger partial charge in [0.25, 0.3) is 5.91 Å². The van der Waals surface area contributed by atoms with Crippen LogP contribution in [0, 0.1) is 0 Å². The fourth-order valence-electron chi connectivity index (χ4n) is 3.04. The summed E-state index contributed by atoms with van der Waals surface area (Å²) in [6.07, 6.45) is -0.829. The molecule has 7 heteroatoms. The highest BCUT2D eigenvalue weighted by Crippen LogP contribution is 2.17. The Bertz CT molecular complexity index is 790. The third-order valence-corrected chi connectivity index (χ3v) is 5.07. The second-order valence-electron chi connectivity index (χ2n) is 6.52. The molecule has 0 aliphatic carbocycles. The molecule has 0 radical (unpaired) electrons. The first-order chi connectivity index (χ1) is 13.5. The lowest BCUT2D eigenvalue weighted by atomic mass is 10.2. The molecule has 2 aromatic carbocycles. The molecule has 1 unspecified atom stereocenters. The SMILES string of the molecule is CC(OC(=O)COc1ccc(Br)cc1)C(=O)N1CCN(c2ccccc2)CC1. The van der Waals surface area contributed by atoms with Crippen molar-refractivity contribution in [3.05, 3.63) is 59.1 Å². The molecule has 1 aliphatic heterocycles. The standard InChI is InChI=1S/C21H23BrN2O4/c1-16(28-20(25)15-27-19-9-7-17(22)8-10-19)21(26)24-13-11-23(12-14-24)18-5-3-2-4-6-18/h2-10,16H,11-15H2,1H3. The first-order valence-corrected chi connectivity index (χ1v) is 9.99. The first kappa shape index (κ1) is 20.2. The molecule has 0 N–H and O–H groups in total. The van der Waals surface area contributed by atoms with E-state index in [1.54, 1.807) is 24.0 Å². The number of benzene rings is 2. The Morgan fingerprint density at radius 1 is 1.00 bits per heavy atom. The van der Waals surface area contributed by atoms with E-state index >= 15 is 0 Å². The summed E-state index contributed by atoms with van der Waals surface area (Å²) in [7, 11) is 0. The summed E-state index contributed by atoms with van der Waals surface area (Å²) in [6.45, 7) is 4.08. The van der Waals surface area contributed by atoms with E-state index in [4.69, 9.17) is 9.47 Å². The number of amides is 1. The van der Waals surface area contributed by atoms with E-state index < -0.39 is 12.1 Å². The molecular formula is C21H23BrN2O4. The monoisotopic (exact) mass is 446 g/mol. The molecule has 0 bridgehead atoms. The average molecular weight is 447 g/mol. The minimum Gasteiger partial charge on any atom is -0.482 e. The molecule has 28 heavy (non-hydrogen) atoms. The summed E-state index contributed by atoms with van der Waals surface area (Å²) in [5.74, 6) is -0.174. The van der Waals surface area contributed by atoms with Gasteiger partial charge in [-0.1, -0.05) is 34.1 Å². The summed E-state index contributed by atoms with van der Waals surface area (Å²) in [5, 5.41) is 0. The molecule has 0 spiro atoms. The van der Waals surface area contributed by atoms with Crippen LogP contribution in [0.4, 0.5) is 5.69 Å². The first-order valence-electron chi connectivity index (χ1n) is 9.19. The second kappa shape index (κ2) is 9.59. The number of esters is 1. The van der Waals surface area contributed by atoms with Gasteiger partial charge in [0, 0.05) is 36.3 Å². The molecular weight excluding hydrogens is 424 g/mol. The summed E-state index contributed by atoms with van der Waals surface area (Å²) in [5.41, 5.74) is 1.15. The number of carbonyl (C=O) groups excluding carboxylic acids is 2. The zero-order valence-corrected chi connectivity index (χ0v) is 17.3. The molecule has 2 aromatic rings. The van der Waals surface area contributed by atoms with Crippen LogP contribution in [0.5, 0.6) is 5.75 Å². The Morgan fingerprint density at radius 3 is 2.29 bits per heavy atom. The zero-order chi connectivity index (χ0) is 19.9. The van der Waals surface area contributed by atoms with Crippen molar-refractivity contribution in [2.75, 3.05) is 37.7 Å². The molecule has 0 saturated carbocycles. The third kappa shape index (κ3) is 5.48.